The summed E-state index contributed by atoms with van der Waals surface area (Å²) >= 11 is 1.88. The van der Waals surface area contributed by atoms with E-state index in [-0.39, 0.29) is 0 Å². The monoisotopic (exact) mass is 240 g/mol. The van der Waals surface area contributed by atoms with Crippen molar-refractivity contribution in [2.75, 3.05) is 12.3 Å². The molecule has 1 aliphatic carbocycles. The maximum Gasteiger partial charge on any atom is 0.156 e. The average molecular weight is 240 g/mol. The van der Waals surface area contributed by atoms with Gasteiger partial charge in [-0.25, -0.2) is 0 Å². The Labute approximate surface area is 104 Å². The van der Waals surface area contributed by atoms with Gasteiger partial charge in [0.15, 0.2) is 5.17 Å². The minimum Gasteiger partial charge on any atom is -0.362 e. The molecule has 1 N–H and O–H groups in total. The summed E-state index contributed by atoms with van der Waals surface area (Å²) in [5.74, 6) is 1.15. The van der Waals surface area contributed by atoms with Crippen LogP contribution in [-0.2, 0) is 0 Å². The second-order valence-corrected chi connectivity index (χ2v) is 7.87. The van der Waals surface area contributed by atoms with Crippen molar-refractivity contribution in [3.8, 4) is 0 Å². The molecule has 1 fully saturated rings. The minimum absolute atomic E-state index is 0.462. The Morgan fingerprint density at radius 2 is 1.81 bits per heavy atom. The normalized spacial score (nSPS) is 28.9. The van der Waals surface area contributed by atoms with Gasteiger partial charge >= 0.3 is 0 Å². The van der Waals surface area contributed by atoms with E-state index in [0.717, 1.165) is 12.3 Å². The van der Waals surface area contributed by atoms with Crippen LogP contribution in [0, 0.1) is 10.8 Å². The summed E-state index contributed by atoms with van der Waals surface area (Å²) in [6.07, 6.45) is 3.88. The van der Waals surface area contributed by atoms with Crippen LogP contribution in [0.2, 0.25) is 0 Å². The van der Waals surface area contributed by atoms with Gasteiger partial charge in [-0.05, 0) is 30.1 Å². The summed E-state index contributed by atoms with van der Waals surface area (Å²) in [5.41, 5.74) is 0.923. The Hall–Kier alpha value is -0.180. The Bertz CT molecular complexity index is 278. The van der Waals surface area contributed by atoms with Gasteiger partial charge in [-0.3, -0.25) is 4.99 Å². The van der Waals surface area contributed by atoms with Crippen LogP contribution in [0.5, 0.6) is 0 Å². The van der Waals surface area contributed by atoms with E-state index in [4.69, 9.17) is 0 Å². The van der Waals surface area contributed by atoms with E-state index < -0.39 is 0 Å². The zero-order valence-electron chi connectivity index (χ0n) is 11.0. The molecule has 0 atom stereocenters. The highest BCUT2D eigenvalue weighted by Gasteiger charge is 2.38. The van der Waals surface area contributed by atoms with Crippen LogP contribution in [-0.4, -0.2) is 23.5 Å². The van der Waals surface area contributed by atoms with Crippen LogP contribution in [0.25, 0.3) is 0 Å². The van der Waals surface area contributed by atoms with Crippen LogP contribution < -0.4 is 5.32 Å². The molecule has 0 bridgehead atoms. The number of aliphatic imine (C=N–C) groups is 1. The fourth-order valence-electron chi connectivity index (χ4n) is 3.55. The number of hydrogen-bond donors (Lipinski definition) is 1. The number of nitrogens with one attached hydrogen (secondary N) is 1. The number of nitrogens with zero attached hydrogens (tertiary/aromatic N) is 1. The maximum absolute atomic E-state index is 4.49. The Morgan fingerprint density at radius 3 is 2.31 bits per heavy atom. The van der Waals surface area contributed by atoms with Gasteiger partial charge < -0.3 is 5.32 Å². The molecule has 0 saturated heterocycles. The highest BCUT2D eigenvalue weighted by molar-refractivity contribution is 8.14. The van der Waals surface area contributed by atoms with E-state index >= 15 is 0 Å². The van der Waals surface area contributed by atoms with Crippen LogP contribution in [0.4, 0.5) is 0 Å². The maximum atomic E-state index is 4.49. The van der Waals surface area contributed by atoms with Gasteiger partial charge in [0, 0.05) is 11.8 Å². The third-order valence-electron chi connectivity index (χ3n) is 3.47. The van der Waals surface area contributed by atoms with Gasteiger partial charge in [-0.2, -0.15) is 0 Å². The third kappa shape index (κ3) is 3.16. The first kappa shape index (κ1) is 12.3. The SMILES string of the molecule is CC1(C)CC(NC2=NCCS2)CC(C)(C)C1. The fourth-order valence-corrected chi connectivity index (χ4v) is 4.35. The van der Waals surface area contributed by atoms with E-state index in [9.17, 15) is 0 Å². The smallest absolute Gasteiger partial charge is 0.156 e. The number of hydrogen-bond acceptors (Lipinski definition) is 3. The molecule has 1 heterocycles. The number of amidine groups is 1. The molecule has 1 aliphatic heterocycles. The van der Waals surface area contributed by atoms with Crippen LogP contribution in [0.1, 0.15) is 47.0 Å². The standard InChI is InChI=1S/C13H24N2S/c1-12(2)7-10(8-13(3,4)9-12)15-11-14-5-6-16-11/h10H,5-9H2,1-4H3,(H,14,15). The lowest BCUT2D eigenvalue weighted by Gasteiger charge is -2.45. The number of rotatable bonds is 1. The topological polar surface area (TPSA) is 24.4 Å². The summed E-state index contributed by atoms with van der Waals surface area (Å²) in [4.78, 5) is 4.49. The van der Waals surface area contributed by atoms with E-state index in [2.05, 4.69) is 38.0 Å². The highest BCUT2D eigenvalue weighted by Crippen LogP contribution is 2.45. The average Bonchev–Trinajstić information content (AvgIpc) is 2.49. The van der Waals surface area contributed by atoms with Gasteiger partial charge in [-0.1, -0.05) is 39.5 Å². The molecule has 0 radical (unpaired) electrons. The van der Waals surface area contributed by atoms with Gasteiger partial charge in [0.25, 0.3) is 0 Å². The van der Waals surface area contributed by atoms with E-state index in [1.165, 1.54) is 24.4 Å². The molecule has 2 aliphatic rings. The Kier molecular flexibility index (Phi) is 3.26. The van der Waals surface area contributed by atoms with Crippen LogP contribution in [0.3, 0.4) is 0 Å². The molecule has 0 spiro atoms. The molecular weight excluding hydrogens is 216 g/mol. The van der Waals surface area contributed by atoms with E-state index in [1.54, 1.807) is 0 Å². The lowest BCUT2D eigenvalue weighted by molar-refractivity contribution is 0.0925. The second-order valence-electron chi connectivity index (χ2n) is 6.79. The van der Waals surface area contributed by atoms with Crippen LogP contribution in [0.15, 0.2) is 4.99 Å². The van der Waals surface area contributed by atoms with E-state index in [0.29, 0.717) is 16.9 Å². The van der Waals surface area contributed by atoms with Crippen LogP contribution >= 0.6 is 11.8 Å². The molecule has 16 heavy (non-hydrogen) atoms. The highest BCUT2D eigenvalue weighted by atomic mass is 32.2. The van der Waals surface area contributed by atoms with Gasteiger partial charge in [0.1, 0.15) is 0 Å². The second kappa shape index (κ2) is 4.25. The van der Waals surface area contributed by atoms with E-state index in [1.807, 2.05) is 11.8 Å². The van der Waals surface area contributed by atoms with Gasteiger partial charge in [0.2, 0.25) is 0 Å². The van der Waals surface area contributed by atoms with Gasteiger partial charge in [-0.15, -0.1) is 0 Å². The lowest BCUT2D eigenvalue weighted by Crippen LogP contribution is -2.45. The van der Waals surface area contributed by atoms with Crippen molar-refractivity contribution >= 4 is 16.9 Å². The first-order valence-corrected chi connectivity index (χ1v) is 7.29. The molecule has 1 saturated carbocycles. The molecule has 3 heteroatoms. The van der Waals surface area contributed by atoms with Crippen molar-refractivity contribution in [1.29, 1.82) is 0 Å². The molecule has 2 nitrogen and oxygen atoms in total. The summed E-state index contributed by atoms with van der Waals surface area (Å²) in [7, 11) is 0. The predicted molar refractivity (Wildman–Crippen MR) is 73.1 cm³/mol. The van der Waals surface area contributed by atoms with Crippen molar-refractivity contribution in [1.82, 2.24) is 5.32 Å². The minimum atomic E-state index is 0.462. The van der Waals surface area contributed by atoms with Crippen molar-refractivity contribution in [3.05, 3.63) is 0 Å². The molecule has 0 aromatic rings. The molecule has 0 amide bonds. The number of thioether (sulfide) groups is 1. The molecule has 92 valence electrons. The molecule has 2 rings (SSSR count). The fraction of sp³-hybridized carbons (Fsp3) is 0.923. The molecular formula is C13H24N2S. The zero-order chi connectivity index (χ0) is 11.8. The Morgan fingerprint density at radius 1 is 1.19 bits per heavy atom. The summed E-state index contributed by atoms with van der Waals surface area (Å²) in [6.45, 7) is 10.6. The first-order chi connectivity index (χ1) is 7.36. The largest absolute Gasteiger partial charge is 0.362 e. The molecule has 0 aromatic carbocycles. The molecule has 0 aromatic heterocycles. The quantitative estimate of drug-likeness (QED) is 0.760. The summed E-state index contributed by atoms with van der Waals surface area (Å²) in [6, 6.07) is 0.614. The van der Waals surface area contributed by atoms with Gasteiger partial charge in [0.05, 0.1) is 6.54 Å². The van der Waals surface area contributed by atoms with Crippen molar-refractivity contribution in [2.45, 2.75) is 53.0 Å². The predicted octanol–water partition coefficient (Wildman–Crippen LogP) is 3.28. The Balaban J connectivity index is 1.99. The van der Waals surface area contributed by atoms with Crippen molar-refractivity contribution < 1.29 is 0 Å². The zero-order valence-corrected chi connectivity index (χ0v) is 11.8. The first-order valence-electron chi connectivity index (χ1n) is 6.30. The summed E-state index contributed by atoms with van der Waals surface area (Å²) in [5, 5.41) is 4.82. The summed E-state index contributed by atoms with van der Waals surface area (Å²) < 4.78 is 0. The molecule has 0 unspecified atom stereocenters. The van der Waals surface area contributed by atoms with Crippen molar-refractivity contribution in [2.24, 2.45) is 15.8 Å². The lowest BCUT2D eigenvalue weighted by atomic mass is 9.63. The van der Waals surface area contributed by atoms with Crippen molar-refractivity contribution in [3.63, 3.8) is 0 Å². The third-order valence-corrected chi connectivity index (χ3v) is 4.38.